The Morgan fingerprint density at radius 3 is 1.73 bits per heavy atom. The summed E-state index contributed by atoms with van der Waals surface area (Å²) in [5.41, 5.74) is 25.7. The van der Waals surface area contributed by atoms with Crippen LogP contribution in [0, 0.1) is 20.8 Å². The molecule has 0 amide bonds. The average molecular weight is 1280 g/mol. The smallest absolute Gasteiger partial charge is 0.417 e. The fourth-order valence-electron chi connectivity index (χ4n) is 11.6. The van der Waals surface area contributed by atoms with E-state index in [1.54, 1.807) is 33.9 Å². The first-order chi connectivity index (χ1) is 44.1. The Bertz CT molecular complexity index is 4560. The SMILES string of the molecule is CC(C)(C)c1ccc2[nH]c(=O)oc2c1.CC(C)(C)c1ccc2c(c1)CCO2.CC(C)(C)c1ccc2nc[nH]c2c1.CC(C)(C)c1cccc2c1CCC2.CC(C)(C)c1cccn2ncnc12.Cc1cc2cc(C(C)(C)C)ccc2[nH]1.Cc1cc2nc(C(C)(C)C)[nH]c2cc1C. The highest BCUT2D eigenvalue weighted by atomic mass is 16.5. The van der Waals surface area contributed by atoms with Crippen molar-refractivity contribution in [3.8, 4) is 5.75 Å². The number of nitrogens with one attached hydrogen (secondary N) is 4. The number of benzene rings is 6. The first-order valence-electron chi connectivity index (χ1n) is 33.9. The molecule has 12 aromatic rings. The van der Waals surface area contributed by atoms with Crippen LogP contribution in [0.15, 0.2) is 149 Å². The molecule has 0 saturated heterocycles. The van der Waals surface area contributed by atoms with Crippen molar-refractivity contribution in [2.45, 2.75) is 230 Å². The number of aromatic amines is 4. The summed E-state index contributed by atoms with van der Waals surface area (Å²) in [5, 5.41) is 5.41. The van der Waals surface area contributed by atoms with Crippen molar-refractivity contribution in [2.24, 2.45) is 0 Å². The summed E-state index contributed by atoms with van der Waals surface area (Å²) in [5.74, 6) is 1.74. The van der Waals surface area contributed by atoms with E-state index in [1.165, 1.54) is 74.8 Å². The molecule has 14 rings (SSSR count). The van der Waals surface area contributed by atoms with Gasteiger partial charge in [-0.15, -0.1) is 0 Å². The van der Waals surface area contributed by atoms with Gasteiger partial charge in [-0.1, -0.05) is 200 Å². The van der Waals surface area contributed by atoms with Gasteiger partial charge in [0.1, 0.15) is 17.9 Å². The molecular weight excluding hydrogens is 1170 g/mol. The minimum absolute atomic E-state index is 0.0734. The number of hydrogen-bond donors (Lipinski definition) is 4. The lowest BCUT2D eigenvalue weighted by Crippen LogP contribution is -2.13. The fraction of sp³-hybridized carbons (Fsp3) is 0.434. The molecule has 1 aliphatic heterocycles. The summed E-state index contributed by atoms with van der Waals surface area (Å²) >= 11 is 0. The van der Waals surface area contributed by atoms with Crippen LogP contribution in [0.5, 0.6) is 5.75 Å². The second-order valence-corrected chi connectivity index (χ2v) is 33.1. The van der Waals surface area contributed by atoms with Crippen molar-refractivity contribution in [2.75, 3.05) is 6.61 Å². The van der Waals surface area contributed by atoms with Crippen LogP contribution in [0.25, 0.3) is 49.7 Å². The van der Waals surface area contributed by atoms with E-state index in [1.807, 2.05) is 30.5 Å². The second-order valence-electron chi connectivity index (χ2n) is 33.1. The minimum Gasteiger partial charge on any atom is -0.493 e. The first kappa shape index (κ1) is 72.3. The highest BCUT2D eigenvalue weighted by molar-refractivity contribution is 5.81. The lowest BCUT2D eigenvalue weighted by atomic mass is 9.83. The molecule has 95 heavy (non-hydrogen) atoms. The van der Waals surface area contributed by atoms with Gasteiger partial charge in [-0.3, -0.25) is 4.98 Å². The second kappa shape index (κ2) is 28.4. The van der Waals surface area contributed by atoms with Gasteiger partial charge in [0.25, 0.3) is 0 Å². The molecule has 0 fully saturated rings. The Morgan fingerprint density at radius 2 is 1.07 bits per heavy atom. The molecule has 0 atom stereocenters. The molecule has 0 bridgehead atoms. The Hall–Kier alpha value is -8.51. The number of aryl methyl sites for hydroxylation is 4. The zero-order chi connectivity index (χ0) is 69.8. The van der Waals surface area contributed by atoms with E-state index in [4.69, 9.17) is 9.15 Å². The zero-order valence-corrected chi connectivity index (χ0v) is 61.8. The standard InChI is InChI=1S/C13H18N2.C13H17N.C13H18.C12H16O.C11H14N2.C11H13NO2.C10H13N3/c1-8-6-10-11(7-9(8)2)15-12(14-10)13(3,4)5;1-9-7-10-8-11(13(2,3)4)5-6-12(10)14-9;1-13(2,3)12-9-5-7-10-6-4-8-11(10)12;1-12(2,3)10-4-5-11-9(8-10)6-7-13-11;1-11(2,3)8-4-5-9-10(6-8)13-7-12-9;1-11(2,3)7-4-5-8-9(6-7)14-10(13)12-8;1-10(2,3)8-5-4-6-13-9(8)11-7-12-13/h6-7H,1-5H3,(H,14,15);5-8,14H,1-4H3;5,7,9H,4,6,8H2,1-3H3;4-5,8H,6-7H2,1-3H3;4-7H,1-3H3,(H,12,13);4-6H,1-3H3,(H,12,13);4-7H,1-3H3. The molecule has 1 aliphatic carbocycles. The summed E-state index contributed by atoms with van der Waals surface area (Å²) in [6.07, 6.45) is 10.2. The lowest BCUT2D eigenvalue weighted by Gasteiger charge is -2.22. The Morgan fingerprint density at radius 1 is 0.474 bits per heavy atom. The third-order valence-corrected chi connectivity index (χ3v) is 17.6. The summed E-state index contributed by atoms with van der Waals surface area (Å²) in [7, 11) is 0. The molecule has 0 radical (unpaired) electrons. The van der Waals surface area contributed by atoms with E-state index >= 15 is 0 Å². The van der Waals surface area contributed by atoms with Crippen molar-refractivity contribution >= 4 is 49.7 Å². The van der Waals surface area contributed by atoms with Gasteiger partial charge in [0, 0.05) is 34.8 Å². The molecule has 2 aliphatic rings. The lowest BCUT2D eigenvalue weighted by molar-refractivity contribution is 0.356. The number of aromatic nitrogens is 9. The fourth-order valence-corrected chi connectivity index (χ4v) is 11.6. The number of fused-ring (bicyclic) bond motifs is 7. The van der Waals surface area contributed by atoms with Gasteiger partial charge in [0.2, 0.25) is 0 Å². The molecule has 504 valence electrons. The van der Waals surface area contributed by atoms with Gasteiger partial charge in [0.15, 0.2) is 11.2 Å². The van der Waals surface area contributed by atoms with Gasteiger partial charge in [0.05, 0.1) is 40.5 Å². The van der Waals surface area contributed by atoms with E-state index in [9.17, 15) is 4.79 Å². The van der Waals surface area contributed by atoms with Crippen molar-refractivity contribution in [3.05, 3.63) is 223 Å². The molecule has 0 saturated carbocycles. The highest BCUT2D eigenvalue weighted by Crippen LogP contribution is 2.35. The van der Waals surface area contributed by atoms with Gasteiger partial charge in [-0.2, -0.15) is 5.10 Å². The van der Waals surface area contributed by atoms with E-state index in [-0.39, 0.29) is 32.5 Å². The van der Waals surface area contributed by atoms with Gasteiger partial charge >= 0.3 is 5.76 Å². The largest absolute Gasteiger partial charge is 0.493 e. The number of H-pyrrole nitrogens is 4. The van der Waals surface area contributed by atoms with Crippen LogP contribution in [0.2, 0.25) is 0 Å². The molecule has 0 spiro atoms. The Labute approximate surface area is 566 Å². The highest BCUT2D eigenvalue weighted by Gasteiger charge is 2.24. The quantitative estimate of drug-likeness (QED) is 0.118. The van der Waals surface area contributed by atoms with E-state index in [0.29, 0.717) is 11.0 Å². The molecule has 4 N–H and O–H groups in total. The van der Waals surface area contributed by atoms with Crippen LogP contribution in [-0.2, 0) is 57.2 Å². The number of rotatable bonds is 0. The summed E-state index contributed by atoms with van der Waals surface area (Å²) < 4.78 is 12.3. The van der Waals surface area contributed by atoms with Gasteiger partial charge < -0.3 is 24.1 Å². The summed E-state index contributed by atoms with van der Waals surface area (Å²) in [4.78, 5) is 36.4. The van der Waals surface area contributed by atoms with Crippen molar-refractivity contribution < 1.29 is 9.15 Å². The summed E-state index contributed by atoms with van der Waals surface area (Å²) in [6, 6.07) is 42.8. The predicted molar refractivity (Wildman–Crippen MR) is 400 cm³/mol. The third kappa shape index (κ3) is 18.9. The van der Waals surface area contributed by atoms with Gasteiger partial charge in [-0.05, 0) is 200 Å². The van der Waals surface area contributed by atoms with Crippen LogP contribution in [0.1, 0.15) is 225 Å². The van der Waals surface area contributed by atoms with E-state index in [2.05, 4.69) is 303 Å². The molecule has 6 aromatic carbocycles. The maximum atomic E-state index is 10.9. The number of hydrogen-bond acceptors (Lipinski definition) is 7. The van der Waals surface area contributed by atoms with Crippen LogP contribution in [-0.4, -0.2) is 51.1 Å². The van der Waals surface area contributed by atoms with Crippen LogP contribution < -0.4 is 10.5 Å². The number of nitrogens with zero attached hydrogens (tertiary/aromatic N) is 5. The van der Waals surface area contributed by atoms with Crippen molar-refractivity contribution in [1.29, 1.82) is 0 Å². The predicted octanol–water partition coefficient (Wildman–Crippen LogP) is 20.9. The van der Waals surface area contributed by atoms with Crippen LogP contribution >= 0.6 is 0 Å². The van der Waals surface area contributed by atoms with Crippen molar-refractivity contribution in [1.82, 2.24) is 44.5 Å². The number of imidazole rings is 2. The van der Waals surface area contributed by atoms with Crippen LogP contribution in [0.4, 0.5) is 0 Å². The van der Waals surface area contributed by atoms with Gasteiger partial charge in [-0.25, -0.2) is 24.3 Å². The third-order valence-electron chi connectivity index (χ3n) is 17.6. The molecule has 12 nitrogen and oxygen atoms in total. The average Bonchev–Trinajstić information content (AvgIpc) is 1.80. The summed E-state index contributed by atoms with van der Waals surface area (Å²) in [6.45, 7) is 53.6. The maximum Gasteiger partial charge on any atom is 0.417 e. The normalized spacial score (nSPS) is 13.2. The molecule has 6 aromatic heterocycles. The Balaban J connectivity index is 0.000000142. The zero-order valence-electron chi connectivity index (χ0n) is 61.8. The van der Waals surface area contributed by atoms with Crippen LogP contribution in [0.3, 0.4) is 0 Å². The number of ether oxygens (including phenoxy) is 1. The maximum absolute atomic E-state index is 10.9. The Kier molecular flexibility index (Phi) is 21.6. The first-order valence-corrected chi connectivity index (χ1v) is 33.9. The van der Waals surface area contributed by atoms with E-state index in [0.717, 1.165) is 63.4 Å². The molecule has 7 heterocycles. The number of oxazole rings is 1. The topological polar surface area (TPSA) is 159 Å². The molecule has 0 unspecified atom stereocenters. The minimum atomic E-state index is -0.397. The number of pyridine rings is 1. The molecule has 12 heteroatoms. The van der Waals surface area contributed by atoms with Crippen molar-refractivity contribution in [3.63, 3.8) is 0 Å². The van der Waals surface area contributed by atoms with E-state index < -0.39 is 5.76 Å². The molecular formula is C83H109N9O3. The monoisotopic (exact) mass is 1280 g/mol.